The molecule has 1 aromatic heterocycles. The van der Waals surface area contributed by atoms with Crippen LogP contribution < -0.4 is 5.73 Å². The number of likely N-dealkylation sites (tertiary alicyclic amines) is 1. The molecular formula is C22H23N3OS. The summed E-state index contributed by atoms with van der Waals surface area (Å²) in [6, 6.07) is 18.8. The van der Waals surface area contributed by atoms with Gasteiger partial charge in [-0.15, -0.1) is 0 Å². The number of nitrogens with two attached hydrogens (primary N) is 1. The van der Waals surface area contributed by atoms with Gasteiger partial charge in [-0.05, 0) is 24.5 Å². The van der Waals surface area contributed by atoms with Crippen LogP contribution in [0.25, 0.3) is 10.9 Å². The fraction of sp³-hybridized carbons (Fsp3) is 0.273. The van der Waals surface area contributed by atoms with Crippen molar-refractivity contribution >= 4 is 34.0 Å². The van der Waals surface area contributed by atoms with Crippen molar-refractivity contribution in [1.29, 1.82) is 0 Å². The van der Waals surface area contributed by atoms with E-state index in [0.29, 0.717) is 0 Å². The number of rotatable bonds is 4. The normalized spacial score (nSPS) is 15.2. The van der Waals surface area contributed by atoms with Gasteiger partial charge in [0.05, 0.1) is 0 Å². The summed E-state index contributed by atoms with van der Waals surface area (Å²) in [5.41, 5.74) is 9.00. The smallest absolute Gasteiger partial charge is 0.220 e. The summed E-state index contributed by atoms with van der Waals surface area (Å²) >= 11 is 5.85. The molecule has 138 valence electrons. The van der Waals surface area contributed by atoms with E-state index in [1.165, 1.54) is 16.5 Å². The molecule has 2 heterocycles. The number of hydrogen-bond donors (Lipinski definition) is 1. The zero-order valence-electron chi connectivity index (χ0n) is 15.2. The third-order valence-corrected chi connectivity index (χ3v) is 5.88. The van der Waals surface area contributed by atoms with E-state index in [4.69, 9.17) is 18.0 Å². The number of fused-ring (bicyclic) bond motifs is 1. The molecule has 1 amide bonds. The molecule has 2 N–H and O–H groups in total. The van der Waals surface area contributed by atoms with E-state index in [1.807, 2.05) is 6.07 Å². The Bertz CT molecular complexity index is 972. The molecule has 3 aromatic rings. The van der Waals surface area contributed by atoms with Crippen LogP contribution in [-0.2, 0) is 11.3 Å². The molecule has 0 radical (unpaired) electrons. The summed E-state index contributed by atoms with van der Waals surface area (Å²) in [6.07, 6.45) is 3.72. The number of aromatic nitrogens is 1. The molecule has 2 aromatic carbocycles. The Balaban J connectivity index is 1.62. The highest BCUT2D eigenvalue weighted by molar-refractivity contribution is 7.80. The molecule has 27 heavy (non-hydrogen) atoms. The van der Waals surface area contributed by atoms with Gasteiger partial charge in [0.15, 0.2) is 0 Å². The lowest BCUT2D eigenvalue weighted by Crippen LogP contribution is -2.41. The van der Waals surface area contributed by atoms with E-state index in [0.717, 1.165) is 43.0 Å². The molecule has 1 aliphatic heterocycles. The molecule has 0 unspecified atom stereocenters. The maximum absolute atomic E-state index is 11.4. The van der Waals surface area contributed by atoms with Crippen molar-refractivity contribution in [3.05, 3.63) is 71.9 Å². The third kappa shape index (κ3) is 3.60. The van der Waals surface area contributed by atoms with Crippen LogP contribution in [0.1, 0.15) is 24.0 Å². The van der Waals surface area contributed by atoms with E-state index in [-0.39, 0.29) is 11.8 Å². The van der Waals surface area contributed by atoms with Gasteiger partial charge in [0.1, 0.15) is 4.99 Å². The Labute approximate surface area is 164 Å². The Kier molecular flexibility index (Phi) is 4.94. The number of carbonyl (C=O) groups excluding carboxylic acids is 1. The van der Waals surface area contributed by atoms with Gasteiger partial charge in [-0.25, -0.2) is 0 Å². The lowest BCUT2D eigenvalue weighted by Gasteiger charge is -2.32. The Morgan fingerprint density at radius 2 is 1.70 bits per heavy atom. The first kappa shape index (κ1) is 17.7. The third-order valence-electron chi connectivity index (χ3n) is 5.40. The van der Waals surface area contributed by atoms with Gasteiger partial charge in [0.2, 0.25) is 5.91 Å². The first-order valence-corrected chi connectivity index (χ1v) is 9.74. The number of thiocarbonyl (C=S) groups is 1. The predicted molar refractivity (Wildman–Crippen MR) is 113 cm³/mol. The topological polar surface area (TPSA) is 51.3 Å². The van der Waals surface area contributed by atoms with E-state index in [9.17, 15) is 4.79 Å². The number of benzene rings is 2. The molecule has 1 saturated heterocycles. The van der Waals surface area contributed by atoms with Crippen LogP contribution in [0.4, 0.5) is 0 Å². The Morgan fingerprint density at radius 1 is 1.04 bits per heavy atom. The lowest BCUT2D eigenvalue weighted by atomic mass is 9.96. The highest BCUT2D eigenvalue weighted by Gasteiger charge is 2.26. The molecule has 0 bridgehead atoms. The maximum atomic E-state index is 11.4. The number of nitrogens with zero attached hydrogens (tertiary/aromatic N) is 2. The first-order valence-electron chi connectivity index (χ1n) is 9.34. The van der Waals surface area contributed by atoms with Gasteiger partial charge in [-0.1, -0.05) is 60.7 Å². The molecule has 1 fully saturated rings. The van der Waals surface area contributed by atoms with Crippen LogP contribution in [0, 0.1) is 5.92 Å². The van der Waals surface area contributed by atoms with Gasteiger partial charge < -0.3 is 15.2 Å². The summed E-state index contributed by atoms with van der Waals surface area (Å²) < 4.78 is 2.27. The van der Waals surface area contributed by atoms with Crippen molar-refractivity contribution in [3.8, 4) is 0 Å². The van der Waals surface area contributed by atoms with Crippen molar-refractivity contribution in [3.63, 3.8) is 0 Å². The zero-order valence-corrected chi connectivity index (χ0v) is 16.0. The fourth-order valence-corrected chi connectivity index (χ4v) is 4.21. The first-order chi connectivity index (χ1) is 13.1. The summed E-state index contributed by atoms with van der Waals surface area (Å²) in [5, 5.41) is 1.18. The maximum Gasteiger partial charge on any atom is 0.220 e. The minimum absolute atomic E-state index is 0.0246. The number of amides is 1. The van der Waals surface area contributed by atoms with Crippen LogP contribution in [-0.4, -0.2) is 33.5 Å². The van der Waals surface area contributed by atoms with Crippen LogP contribution in [0.5, 0.6) is 0 Å². The van der Waals surface area contributed by atoms with Gasteiger partial charge in [0.25, 0.3) is 0 Å². The Morgan fingerprint density at radius 3 is 2.41 bits per heavy atom. The van der Waals surface area contributed by atoms with E-state index in [1.54, 1.807) is 0 Å². The molecule has 0 atom stereocenters. The monoisotopic (exact) mass is 377 g/mol. The van der Waals surface area contributed by atoms with Crippen LogP contribution in [0.3, 0.4) is 0 Å². The molecule has 4 rings (SSSR count). The number of primary amides is 1. The van der Waals surface area contributed by atoms with E-state index < -0.39 is 0 Å². The Hall–Kier alpha value is -2.66. The average Bonchev–Trinajstić information content (AvgIpc) is 3.07. The average molecular weight is 378 g/mol. The molecule has 4 nitrogen and oxygen atoms in total. The predicted octanol–water partition coefficient (Wildman–Crippen LogP) is 3.56. The van der Waals surface area contributed by atoms with Gasteiger partial charge in [-0.3, -0.25) is 4.79 Å². The summed E-state index contributed by atoms with van der Waals surface area (Å²) in [7, 11) is 0. The minimum Gasteiger partial charge on any atom is -0.369 e. The van der Waals surface area contributed by atoms with Gasteiger partial charge in [-0.2, -0.15) is 0 Å². The number of para-hydroxylation sites is 1. The molecule has 0 spiro atoms. The van der Waals surface area contributed by atoms with Crippen molar-refractivity contribution in [2.75, 3.05) is 13.1 Å². The number of piperidine rings is 1. The number of hydrogen-bond acceptors (Lipinski definition) is 2. The zero-order chi connectivity index (χ0) is 18.8. The van der Waals surface area contributed by atoms with Crippen molar-refractivity contribution in [1.82, 2.24) is 9.47 Å². The summed E-state index contributed by atoms with van der Waals surface area (Å²) in [6.45, 7) is 2.38. The largest absolute Gasteiger partial charge is 0.369 e. The summed E-state index contributed by atoms with van der Waals surface area (Å²) in [5.74, 6) is -0.219. The highest BCUT2D eigenvalue weighted by atomic mass is 32.1. The standard InChI is InChI=1S/C22H23N3OS/c23-21(26)17-10-12-24(13-11-17)22(27)19-15-25(14-16-6-2-1-3-7-16)20-9-5-4-8-18(19)20/h1-9,15,17H,10-14H2,(H2,23,26). The van der Waals surface area contributed by atoms with Crippen LogP contribution in [0.15, 0.2) is 60.8 Å². The SMILES string of the molecule is NC(=O)C1CCN(C(=S)c2cn(Cc3ccccc3)c3ccccc23)CC1. The molecule has 0 aliphatic carbocycles. The fourth-order valence-electron chi connectivity index (χ4n) is 3.87. The molecular weight excluding hydrogens is 354 g/mol. The number of carbonyl (C=O) groups is 1. The van der Waals surface area contributed by atoms with E-state index in [2.05, 4.69) is 64.2 Å². The second-order valence-corrected chi connectivity index (χ2v) is 7.53. The van der Waals surface area contributed by atoms with E-state index >= 15 is 0 Å². The van der Waals surface area contributed by atoms with Crippen molar-refractivity contribution in [2.24, 2.45) is 11.7 Å². The van der Waals surface area contributed by atoms with Crippen molar-refractivity contribution in [2.45, 2.75) is 19.4 Å². The van der Waals surface area contributed by atoms with Crippen LogP contribution >= 0.6 is 12.2 Å². The van der Waals surface area contributed by atoms with Crippen molar-refractivity contribution < 1.29 is 4.79 Å². The molecule has 0 saturated carbocycles. The van der Waals surface area contributed by atoms with Crippen LogP contribution in [0.2, 0.25) is 0 Å². The van der Waals surface area contributed by atoms with Gasteiger partial charge >= 0.3 is 0 Å². The second kappa shape index (κ2) is 7.53. The minimum atomic E-state index is -0.194. The summed E-state index contributed by atoms with van der Waals surface area (Å²) in [4.78, 5) is 14.5. The second-order valence-electron chi connectivity index (χ2n) is 7.14. The highest BCUT2D eigenvalue weighted by Crippen LogP contribution is 2.26. The molecule has 5 heteroatoms. The lowest BCUT2D eigenvalue weighted by molar-refractivity contribution is -0.122. The quantitative estimate of drug-likeness (QED) is 0.707. The van der Waals surface area contributed by atoms with Gasteiger partial charge in [0, 0.05) is 48.2 Å². The molecule has 1 aliphatic rings.